The second-order valence-corrected chi connectivity index (χ2v) is 10.6. The van der Waals surface area contributed by atoms with Crippen LogP contribution in [0.25, 0.3) is 0 Å². The summed E-state index contributed by atoms with van der Waals surface area (Å²) in [4.78, 5) is 11.1. The van der Waals surface area contributed by atoms with Crippen LogP contribution in [-0.4, -0.2) is 42.7 Å². The number of rotatable bonds is 1. The quantitative estimate of drug-likeness (QED) is 0.406. The monoisotopic (exact) mass is 341 g/mol. The molecule has 3 nitrogen and oxygen atoms in total. The van der Waals surface area contributed by atoms with Gasteiger partial charge in [-0.3, -0.25) is 0 Å². The Morgan fingerprint density at radius 3 is 1.76 bits per heavy atom. The van der Waals surface area contributed by atoms with Crippen LogP contribution < -0.4 is 0 Å². The molecule has 0 amide bonds. The number of nitrogens with zero attached hydrogens (tertiary/aromatic N) is 1. The van der Waals surface area contributed by atoms with E-state index in [9.17, 15) is 31.1 Å². The van der Waals surface area contributed by atoms with Crippen molar-refractivity contribution in [2.24, 2.45) is 11.3 Å². The molecule has 0 saturated carbocycles. The van der Waals surface area contributed by atoms with Crippen LogP contribution in [0.2, 0.25) is 0 Å². The molecule has 21 heavy (non-hydrogen) atoms. The minimum atomic E-state index is -7.18. The van der Waals surface area contributed by atoms with Gasteiger partial charge in [0, 0.05) is 0 Å². The molecule has 0 spiro atoms. The SMILES string of the molecule is CN1CC(C(C)(C)C)COP1(C=O)(C(F)(F)F)C(F)(F)F. The Morgan fingerprint density at radius 2 is 1.52 bits per heavy atom. The summed E-state index contributed by atoms with van der Waals surface area (Å²) in [5.74, 6) is -12.2. The molecule has 0 radical (unpaired) electrons. The molecule has 10 heteroatoms. The Bertz CT molecular complexity index is 414. The second-order valence-electron chi connectivity index (χ2n) is 6.30. The van der Waals surface area contributed by atoms with E-state index in [-0.39, 0.29) is 4.67 Å². The minimum absolute atomic E-state index is 0.0536. The van der Waals surface area contributed by atoms with Gasteiger partial charge in [-0.2, -0.15) is 0 Å². The van der Waals surface area contributed by atoms with Gasteiger partial charge in [-0.25, -0.2) is 0 Å². The van der Waals surface area contributed by atoms with Gasteiger partial charge in [-0.15, -0.1) is 0 Å². The molecule has 1 fully saturated rings. The van der Waals surface area contributed by atoms with Crippen LogP contribution in [0.4, 0.5) is 26.3 Å². The Morgan fingerprint density at radius 1 is 1.10 bits per heavy atom. The fourth-order valence-electron chi connectivity index (χ4n) is 2.30. The van der Waals surface area contributed by atoms with Gasteiger partial charge < -0.3 is 0 Å². The van der Waals surface area contributed by atoms with Crippen molar-refractivity contribution in [3.05, 3.63) is 0 Å². The van der Waals surface area contributed by atoms with Crippen molar-refractivity contribution in [3.8, 4) is 0 Å². The molecule has 1 aliphatic rings. The number of carbonyl (C=O) groups is 1. The van der Waals surface area contributed by atoms with Gasteiger partial charge in [0.1, 0.15) is 0 Å². The molecule has 0 N–H and O–H groups in total. The molecule has 126 valence electrons. The first-order chi connectivity index (χ1) is 9.14. The summed E-state index contributed by atoms with van der Waals surface area (Å²) in [5, 5.41) is 0. The molecule has 0 aromatic carbocycles. The van der Waals surface area contributed by atoms with Crippen LogP contribution in [0.1, 0.15) is 20.8 Å². The molecule has 0 aliphatic carbocycles. The van der Waals surface area contributed by atoms with Crippen LogP contribution >= 0.6 is 6.98 Å². The molecule has 1 unspecified atom stereocenters. The van der Waals surface area contributed by atoms with E-state index in [1.165, 1.54) is 0 Å². The van der Waals surface area contributed by atoms with Gasteiger partial charge in [0.2, 0.25) is 0 Å². The van der Waals surface area contributed by atoms with Crippen molar-refractivity contribution in [1.82, 2.24) is 4.67 Å². The van der Waals surface area contributed by atoms with Crippen LogP contribution in [-0.2, 0) is 9.32 Å². The number of halogens is 6. The molecule has 1 aliphatic heterocycles. The Balaban J connectivity index is 3.49. The third kappa shape index (κ3) is 2.19. The van der Waals surface area contributed by atoms with Gasteiger partial charge in [0.05, 0.1) is 0 Å². The first-order valence-electron chi connectivity index (χ1n) is 6.11. The fourth-order valence-corrected chi connectivity index (χ4v) is 5.32. The Labute approximate surface area is 118 Å². The van der Waals surface area contributed by atoms with Crippen molar-refractivity contribution in [2.45, 2.75) is 32.6 Å². The third-order valence-corrected chi connectivity index (χ3v) is 8.64. The Kier molecular flexibility index (Phi) is 4.26. The molecule has 0 aromatic rings. The van der Waals surface area contributed by atoms with Crippen LogP contribution in [0, 0.1) is 11.3 Å². The van der Waals surface area contributed by atoms with Crippen molar-refractivity contribution in [2.75, 3.05) is 20.2 Å². The summed E-state index contributed by atoms with van der Waals surface area (Å²) in [6.45, 7) is -3.38. The molecule has 1 atom stereocenters. The second kappa shape index (κ2) is 4.80. The predicted molar refractivity (Wildman–Crippen MR) is 67.3 cm³/mol. The van der Waals surface area contributed by atoms with E-state index in [4.69, 9.17) is 0 Å². The van der Waals surface area contributed by atoms with Gasteiger partial charge in [0.25, 0.3) is 0 Å². The van der Waals surface area contributed by atoms with Crippen LogP contribution in [0.15, 0.2) is 0 Å². The normalized spacial score (nSPS) is 29.4. The summed E-state index contributed by atoms with van der Waals surface area (Å²) in [7, 11) is 0.658. The number of hydrogen-bond donors (Lipinski definition) is 0. The first kappa shape index (κ1) is 18.6. The molecule has 1 saturated heterocycles. The average molecular weight is 341 g/mol. The first-order valence-corrected chi connectivity index (χ1v) is 8.29. The zero-order valence-electron chi connectivity index (χ0n) is 12.0. The molecule has 0 bridgehead atoms. The van der Waals surface area contributed by atoms with Crippen molar-refractivity contribution in [1.29, 1.82) is 0 Å². The van der Waals surface area contributed by atoms with E-state index >= 15 is 0 Å². The maximum absolute atomic E-state index is 13.4. The number of carbonyl (C=O) groups excluding carboxylic acids is 1. The summed E-state index contributed by atoms with van der Waals surface area (Å²) in [6.07, 6.45) is 0. The molecule has 1 rings (SSSR count). The van der Waals surface area contributed by atoms with E-state index < -0.39 is 49.3 Å². The van der Waals surface area contributed by atoms with Crippen molar-refractivity contribution in [3.63, 3.8) is 0 Å². The van der Waals surface area contributed by atoms with E-state index in [0.717, 1.165) is 0 Å². The number of alkyl halides is 6. The molecule has 1 heterocycles. The predicted octanol–water partition coefficient (Wildman–Crippen LogP) is 4.22. The van der Waals surface area contributed by atoms with Crippen LogP contribution in [0.5, 0.6) is 0 Å². The van der Waals surface area contributed by atoms with Gasteiger partial charge >= 0.3 is 117 Å². The summed E-state index contributed by atoms with van der Waals surface area (Å²) < 4.78 is 84.6. The van der Waals surface area contributed by atoms with Crippen molar-refractivity contribution >= 4 is 13.0 Å². The molecule has 0 aromatic heterocycles. The van der Waals surface area contributed by atoms with E-state index in [0.29, 0.717) is 7.05 Å². The zero-order valence-corrected chi connectivity index (χ0v) is 12.9. The van der Waals surface area contributed by atoms with Gasteiger partial charge in [-0.1, -0.05) is 0 Å². The summed E-state index contributed by atoms with van der Waals surface area (Å²) in [6, 6.07) is -1.05. The topological polar surface area (TPSA) is 29.5 Å². The fraction of sp³-hybridized carbons (Fsp3) is 0.909. The standard InChI is InChI=1S/C11H18F6NO2P/c1-9(2,3)8-5-18(4)21(7-19,20-6-8,10(12,13)14)11(15,16)17/h7-8H,5-6H2,1-4H3. The van der Waals surface area contributed by atoms with Crippen molar-refractivity contribution < 1.29 is 35.7 Å². The van der Waals surface area contributed by atoms with Crippen LogP contribution in [0.3, 0.4) is 0 Å². The maximum atomic E-state index is 13.4. The molecular weight excluding hydrogens is 323 g/mol. The summed E-state index contributed by atoms with van der Waals surface area (Å²) in [5.41, 5.74) is -0.547. The van der Waals surface area contributed by atoms with E-state index in [1.54, 1.807) is 20.8 Å². The molecular formula is C11H18F6NO2P. The summed E-state index contributed by atoms with van der Waals surface area (Å²) >= 11 is 0. The van der Waals surface area contributed by atoms with Gasteiger partial charge in [-0.05, 0) is 0 Å². The third-order valence-electron chi connectivity index (χ3n) is 4.10. The van der Waals surface area contributed by atoms with E-state index in [1.807, 2.05) is 0 Å². The average Bonchev–Trinajstić information content (AvgIpc) is 2.24. The number of hydrogen-bond acceptors (Lipinski definition) is 3. The Hall–Kier alpha value is -0.400. The zero-order chi connectivity index (χ0) is 16.9. The van der Waals surface area contributed by atoms with E-state index in [2.05, 4.69) is 4.52 Å². The van der Waals surface area contributed by atoms with Gasteiger partial charge in [0.15, 0.2) is 0 Å².